The topological polar surface area (TPSA) is 54.4 Å². The Morgan fingerprint density at radius 3 is 1.55 bits per heavy atom. The fraction of sp³-hybridized carbons (Fsp3) is 0.625. The Balaban J connectivity index is 3.13. The second-order valence-corrected chi connectivity index (χ2v) is 9.21. The Bertz CT molecular complexity index is 933. The minimum absolute atomic E-state index is 0.0554. The third-order valence-corrected chi connectivity index (χ3v) is 5.88. The molecule has 0 heterocycles. The molecule has 0 saturated heterocycles. The van der Waals surface area contributed by atoms with Crippen LogP contribution in [0.4, 0.5) is 52.7 Å². The van der Waals surface area contributed by atoms with Gasteiger partial charge in [-0.2, -0.15) is 61.1 Å². The van der Waals surface area contributed by atoms with Crippen LogP contribution < -0.4 is 0 Å². The van der Waals surface area contributed by atoms with E-state index in [2.05, 4.69) is 15.9 Å². The largest absolute Gasteiger partial charge is 0.438 e. The molecule has 0 spiro atoms. The molecule has 0 unspecified atom stereocenters. The third-order valence-electron chi connectivity index (χ3n) is 4.45. The maximum atomic E-state index is 13.8. The first-order chi connectivity index (χ1) is 14.5. The van der Waals surface area contributed by atoms with Crippen molar-refractivity contribution in [2.45, 2.75) is 60.6 Å². The first-order valence-electron chi connectivity index (χ1n) is 8.46. The average molecular weight is 593 g/mol. The summed E-state index contributed by atoms with van der Waals surface area (Å²) < 4.78 is 191. The lowest BCUT2D eigenvalue weighted by molar-refractivity contribution is -0.417. The summed E-state index contributed by atoms with van der Waals surface area (Å²) in [5, 5.41) is -7.43. The van der Waals surface area contributed by atoms with Gasteiger partial charge in [0.25, 0.3) is 0 Å². The summed E-state index contributed by atoms with van der Waals surface area (Å²) in [6.07, 6.45) is -3.66. The van der Waals surface area contributed by atoms with Crippen molar-refractivity contribution in [3.8, 4) is 0 Å². The van der Waals surface area contributed by atoms with Gasteiger partial charge in [0.15, 0.2) is 0 Å². The Labute approximate surface area is 187 Å². The predicted octanol–water partition coefficient (Wildman–Crippen LogP) is 6.82. The van der Waals surface area contributed by atoms with Crippen LogP contribution in [0.5, 0.6) is 0 Å². The van der Waals surface area contributed by atoms with Gasteiger partial charge in [0, 0.05) is 10.9 Å². The highest BCUT2D eigenvalue weighted by atomic mass is 79.9. The molecule has 1 aromatic carbocycles. The van der Waals surface area contributed by atoms with Gasteiger partial charge in [-0.1, -0.05) is 28.1 Å². The second kappa shape index (κ2) is 9.09. The number of halogens is 13. The van der Waals surface area contributed by atoms with Crippen LogP contribution in [-0.2, 0) is 16.5 Å². The summed E-state index contributed by atoms with van der Waals surface area (Å²) >= 11 is 3.08. The third kappa shape index (κ3) is 5.09. The zero-order valence-electron chi connectivity index (χ0n) is 15.7. The normalized spacial score (nSPS) is 15.1. The molecule has 0 aliphatic heterocycles. The minimum Gasteiger partial charge on any atom is -0.281 e. The molecule has 0 amide bonds. The molecule has 3 nitrogen and oxygen atoms in total. The van der Waals surface area contributed by atoms with E-state index in [1.807, 2.05) is 0 Å². The van der Waals surface area contributed by atoms with Gasteiger partial charge in [0.05, 0.1) is 0 Å². The number of benzene rings is 1. The van der Waals surface area contributed by atoms with E-state index in [9.17, 15) is 61.1 Å². The molecule has 0 aliphatic rings. The summed E-state index contributed by atoms with van der Waals surface area (Å²) in [5.41, 5.74) is 0.484. The molecule has 0 fully saturated rings. The molecule has 192 valence electrons. The summed E-state index contributed by atoms with van der Waals surface area (Å²) in [6, 6.07) is 5.98. The lowest BCUT2D eigenvalue weighted by atomic mass is 9.91. The Kier molecular flexibility index (Phi) is 8.21. The van der Waals surface area contributed by atoms with Crippen molar-refractivity contribution in [3.63, 3.8) is 0 Å². The van der Waals surface area contributed by atoms with E-state index < -0.39 is 57.8 Å². The Morgan fingerprint density at radius 1 is 0.697 bits per heavy atom. The summed E-state index contributed by atoms with van der Waals surface area (Å²) in [4.78, 5) is 0. The van der Waals surface area contributed by atoms with Gasteiger partial charge < -0.3 is 0 Å². The molecule has 0 radical (unpaired) electrons. The molecule has 33 heavy (non-hydrogen) atoms. The van der Waals surface area contributed by atoms with Crippen LogP contribution in [0.2, 0.25) is 0 Å². The minimum atomic E-state index is -8.05. The second-order valence-electron chi connectivity index (χ2n) is 6.83. The van der Waals surface area contributed by atoms with E-state index in [4.69, 9.17) is 4.55 Å². The molecule has 0 atom stereocenters. The number of hydrogen-bond donors (Lipinski definition) is 1. The monoisotopic (exact) mass is 592 g/mol. The fourth-order valence-corrected chi connectivity index (χ4v) is 3.17. The first kappa shape index (κ1) is 29.8. The van der Waals surface area contributed by atoms with Crippen molar-refractivity contribution in [1.82, 2.24) is 0 Å². The van der Waals surface area contributed by atoms with E-state index in [-0.39, 0.29) is 12.8 Å². The van der Waals surface area contributed by atoms with Crippen LogP contribution >= 0.6 is 15.9 Å². The quantitative estimate of drug-likeness (QED) is 0.174. The van der Waals surface area contributed by atoms with Crippen molar-refractivity contribution in [2.75, 3.05) is 0 Å². The maximum Gasteiger partial charge on any atom is 0.438 e. The van der Waals surface area contributed by atoms with Gasteiger partial charge >= 0.3 is 45.0 Å². The SMILES string of the molecule is O=S(=O)(O)C(F)(F)C(F)(F)C(F)(F)C(F)(F)C(F)(F)C(F)(F)CCCCc1ccc(Br)cc1. The molecular weight excluding hydrogens is 580 g/mol. The highest BCUT2D eigenvalue weighted by molar-refractivity contribution is 9.10. The molecule has 17 heteroatoms. The molecular formula is C16H13BrF12O3S. The lowest BCUT2D eigenvalue weighted by Gasteiger charge is -2.40. The van der Waals surface area contributed by atoms with Crippen molar-refractivity contribution in [2.24, 2.45) is 0 Å². The van der Waals surface area contributed by atoms with E-state index in [1.165, 1.54) is 24.3 Å². The Morgan fingerprint density at radius 2 is 1.12 bits per heavy atom. The summed E-state index contributed by atoms with van der Waals surface area (Å²) in [7, 11) is -7.56. The molecule has 1 aromatic rings. The van der Waals surface area contributed by atoms with Crippen LogP contribution in [0.15, 0.2) is 28.7 Å². The molecule has 1 rings (SSSR count). The zero-order valence-corrected chi connectivity index (χ0v) is 18.1. The van der Waals surface area contributed by atoms with Crippen LogP contribution in [-0.4, -0.2) is 47.8 Å². The number of aryl methyl sites for hydroxylation is 1. The van der Waals surface area contributed by atoms with Gasteiger partial charge in [-0.3, -0.25) is 4.55 Å². The van der Waals surface area contributed by atoms with Gasteiger partial charge in [0.1, 0.15) is 0 Å². The molecule has 0 aliphatic carbocycles. The van der Waals surface area contributed by atoms with E-state index in [0.717, 1.165) is 0 Å². The smallest absolute Gasteiger partial charge is 0.281 e. The van der Waals surface area contributed by atoms with Crippen molar-refractivity contribution >= 4 is 26.0 Å². The van der Waals surface area contributed by atoms with Crippen LogP contribution in [0.1, 0.15) is 24.8 Å². The average Bonchev–Trinajstić information content (AvgIpc) is 2.65. The van der Waals surface area contributed by atoms with Gasteiger partial charge in [-0.25, -0.2) is 0 Å². The van der Waals surface area contributed by atoms with E-state index in [1.54, 1.807) is 0 Å². The van der Waals surface area contributed by atoms with Gasteiger partial charge in [-0.15, -0.1) is 0 Å². The number of hydrogen-bond acceptors (Lipinski definition) is 2. The molecule has 0 aromatic heterocycles. The fourth-order valence-electron chi connectivity index (χ4n) is 2.45. The summed E-state index contributed by atoms with van der Waals surface area (Å²) in [5.74, 6) is -37.3. The Hall–Kier alpha value is -1.23. The van der Waals surface area contributed by atoms with Gasteiger partial charge in [0.2, 0.25) is 0 Å². The summed E-state index contributed by atoms with van der Waals surface area (Å²) in [6.45, 7) is 0. The predicted molar refractivity (Wildman–Crippen MR) is 92.9 cm³/mol. The van der Waals surface area contributed by atoms with E-state index >= 15 is 0 Å². The van der Waals surface area contributed by atoms with Crippen molar-refractivity contribution in [3.05, 3.63) is 34.3 Å². The molecule has 1 N–H and O–H groups in total. The highest BCUT2D eigenvalue weighted by Gasteiger charge is 2.91. The van der Waals surface area contributed by atoms with Crippen LogP contribution in [0.25, 0.3) is 0 Å². The van der Waals surface area contributed by atoms with Crippen molar-refractivity contribution < 1.29 is 65.7 Å². The van der Waals surface area contributed by atoms with Gasteiger partial charge in [-0.05, 0) is 37.0 Å². The maximum absolute atomic E-state index is 13.8. The zero-order chi connectivity index (χ0) is 26.3. The number of unbranched alkanes of at least 4 members (excludes halogenated alkanes) is 1. The lowest BCUT2D eigenvalue weighted by Crippen LogP contribution is -2.71. The number of rotatable bonds is 11. The standard InChI is InChI=1S/C16H13BrF12O3S/c17-10-6-4-9(5-7-10)3-1-2-8-11(18,19)12(20,21)13(22,23)14(24,25)15(26,27)16(28,29)33(30,31)32/h4-7H,1-3,8H2,(H,30,31,32). The molecule has 0 saturated carbocycles. The molecule has 0 bridgehead atoms. The van der Waals surface area contributed by atoms with Crippen LogP contribution in [0.3, 0.4) is 0 Å². The van der Waals surface area contributed by atoms with E-state index in [0.29, 0.717) is 10.0 Å². The number of alkyl halides is 12. The van der Waals surface area contributed by atoms with Crippen molar-refractivity contribution in [1.29, 1.82) is 0 Å². The van der Waals surface area contributed by atoms with Crippen LogP contribution in [0, 0.1) is 0 Å². The highest BCUT2D eigenvalue weighted by Crippen LogP contribution is 2.61. The first-order valence-corrected chi connectivity index (χ1v) is 10.7.